The molecular weight excluding hydrogens is 322 g/mol. The highest BCUT2D eigenvalue weighted by Gasteiger charge is 2.28. The Morgan fingerprint density at radius 2 is 2.21 bits per heavy atom. The number of amides is 1. The van der Waals surface area contributed by atoms with Gasteiger partial charge in [-0.05, 0) is 45.1 Å². The number of unbranched alkanes of at least 4 members (excludes halogenated alkanes) is 1. The molecule has 1 saturated heterocycles. The average Bonchev–Trinajstić information content (AvgIpc) is 2.92. The van der Waals surface area contributed by atoms with E-state index in [9.17, 15) is 9.59 Å². The summed E-state index contributed by atoms with van der Waals surface area (Å²) in [5, 5.41) is 0.617. The Morgan fingerprint density at radius 1 is 1.42 bits per heavy atom. The molecular formula is C18H25N3O2S. The predicted octanol–water partition coefficient (Wildman–Crippen LogP) is 3.58. The quantitative estimate of drug-likeness (QED) is 0.849. The summed E-state index contributed by atoms with van der Waals surface area (Å²) in [6.07, 6.45) is 6.89. The summed E-state index contributed by atoms with van der Waals surface area (Å²) in [6.45, 7) is 7.58. The number of fused-ring (bicyclic) bond motifs is 1. The molecule has 2 aromatic heterocycles. The fourth-order valence-electron chi connectivity index (χ4n) is 3.38. The van der Waals surface area contributed by atoms with Crippen LogP contribution in [-0.4, -0.2) is 32.9 Å². The van der Waals surface area contributed by atoms with E-state index in [-0.39, 0.29) is 17.5 Å². The van der Waals surface area contributed by atoms with Crippen molar-refractivity contribution in [3.63, 3.8) is 0 Å². The fraction of sp³-hybridized carbons (Fsp3) is 0.611. The van der Waals surface area contributed by atoms with Crippen molar-refractivity contribution in [1.82, 2.24) is 14.5 Å². The maximum atomic E-state index is 13.0. The summed E-state index contributed by atoms with van der Waals surface area (Å²) >= 11 is 1.36. The lowest BCUT2D eigenvalue weighted by Gasteiger charge is -2.33. The minimum absolute atomic E-state index is 0.0204. The monoisotopic (exact) mass is 347 g/mol. The van der Waals surface area contributed by atoms with Gasteiger partial charge < -0.3 is 4.90 Å². The SMILES string of the molecule is CCCCn1cnc2sc(C(=O)N3CCCCC3C)c(C)c2c1=O. The number of aryl methyl sites for hydroxylation is 2. The van der Waals surface area contributed by atoms with Crippen molar-refractivity contribution in [2.75, 3.05) is 6.54 Å². The first-order valence-electron chi connectivity index (χ1n) is 8.84. The molecule has 130 valence electrons. The highest BCUT2D eigenvalue weighted by molar-refractivity contribution is 7.20. The number of thiophene rings is 1. The molecule has 0 bridgehead atoms. The minimum Gasteiger partial charge on any atom is -0.335 e. The molecule has 1 unspecified atom stereocenters. The smallest absolute Gasteiger partial charge is 0.264 e. The molecule has 5 nitrogen and oxygen atoms in total. The van der Waals surface area contributed by atoms with Crippen molar-refractivity contribution in [2.45, 2.75) is 65.5 Å². The van der Waals surface area contributed by atoms with Crippen molar-refractivity contribution in [2.24, 2.45) is 0 Å². The molecule has 3 rings (SSSR count). The average molecular weight is 347 g/mol. The third-order valence-electron chi connectivity index (χ3n) is 4.93. The molecule has 1 aliphatic heterocycles. The minimum atomic E-state index is -0.0204. The Balaban J connectivity index is 2.00. The second-order valence-electron chi connectivity index (χ2n) is 6.68. The number of carbonyl (C=O) groups excluding carboxylic acids is 1. The van der Waals surface area contributed by atoms with Crippen molar-refractivity contribution < 1.29 is 4.79 Å². The second-order valence-corrected chi connectivity index (χ2v) is 7.68. The van der Waals surface area contributed by atoms with Gasteiger partial charge in [0.15, 0.2) is 0 Å². The van der Waals surface area contributed by atoms with Gasteiger partial charge in [-0.15, -0.1) is 11.3 Å². The lowest BCUT2D eigenvalue weighted by Crippen LogP contribution is -2.41. The van der Waals surface area contributed by atoms with Crippen LogP contribution in [0.2, 0.25) is 0 Å². The van der Waals surface area contributed by atoms with Crippen molar-refractivity contribution in [3.05, 3.63) is 27.1 Å². The maximum absolute atomic E-state index is 13.0. The number of hydrogen-bond acceptors (Lipinski definition) is 4. The van der Waals surface area contributed by atoms with Gasteiger partial charge in [-0.3, -0.25) is 14.2 Å². The largest absolute Gasteiger partial charge is 0.335 e. The van der Waals surface area contributed by atoms with E-state index < -0.39 is 0 Å². The van der Waals surface area contributed by atoms with Gasteiger partial charge in [0, 0.05) is 19.1 Å². The van der Waals surface area contributed by atoms with Crippen LogP contribution >= 0.6 is 11.3 Å². The lowest BCUT2D eigenvalue weighted by molar-refractivity contribution is 0.0640. The van der Waals surface area contributed by atoms with Crippen molar-refractivity contribution >= 4 is 27.5 Å². The summed E-state index contributed by atoms with van der Waals surface area (Å²) in [7, 11) is 0. The first kappa shape index (κ1) is 17.1. The van der Waals surface area contributed by atoms with Gasteiger partial charge in [0.2, 0.25) is 0 Å². The summed E-state index contributed by atoms with van der Waals surface area (Å²) in [6, 6.07) is 0.269. The van der Waals surface area contributed by atoms with Crippen LogP contribution in [0.5, 0.6) is 0 Å². The number of nitrogens with zero attached hydrogens (tertiary/aromatic N) is 3. The Hall–Kier alpha value is -1.69. The topological polar surface area (TPSA) is 55.2 Å². The fourth-order valence-corrected chi connectivity index (χ4v) is 4.48. The molecule has 6 heteroatoms. The number of aromatic nitrogens is 2. The van der Waals surface area contributed by atoms with Gasteiger partial charge >= 0.3 is 0 Å². The number of likely N-dealkylation sites (tertiary alicyclic amines) is 1. The molecule has 3 heterocycles. The van der Waals surface area contributed by atoms with E-state index in [2.05, 4.69) is 18.8 Å². The van der Waals surface area contributed by atoms with Gasteiger partial charge in [0.25, 0.3) is 11.5 Å². The third kappa shape index (κ3) is 2.99. The van der Waals surface area contributed by atoms with E-state index in [0.717, 1.165) is 37.8 Å². The van der Waals surface area contributed by atoms with Crippen LogP contribution < -0.4 is 5.56 Å². The van der Waals surface area contributed by atoms with Gasteiger partial charge in [0.1, 0.15) is 4.83 Å². The van der Waals surface area contributed by atoms with E-state index in [0.29, 0.717) is 21.6 Å². The number of rotatable bonds is 4. The molecule has 1 fully saturated rings. The molecule has 0 saturated carbocycles. The lowest BCUT2D eigenvalue weighted by atomic mass is 10.0. The Kier molecular flexibility index (Phi) is 5.04. The summed E-state index contributed by atoms with van der Waals surface area (Å²) < 4.78 is 1.67. The third-order valence-corrected chi connectivity index (χ3v) is 6.12. The van der Waals surface area contributed by atoms with Crippen LogP contribution in [0.15, 0.2) is 11.1 Å². The number of hydrogen-bond donors (Lipinski definition) is 0. The van der Waals surface area contributed by atoms with E-state index in [1.165, 1.54) is 17.8 Å². The van der Waals surface area contributed by atoms with E-state index in [1.54, 1.807) is 10.9 Å². The number of piperidine rings is 1. The van der Waals surface area contributed by atoms with Crippen LogP contribution in [-0.2, 0) is 6.54 Å². The van der Waals surface area contributed by atoms with E-state index in [4.69, 9.17) is 0 Å². The van der Waals surface area contributed by atoms with Crippen LogP contribution in [0.3, 0.4) is 0 Å². The molecule has 1 amide bonds. The molecule has 2 aromatic rings. The highest BCUT2D eigenvalue weighted by atomic mass is 32.1. The molecule has 0 aliphatic carbocycles. The Morgan fingerprint density at radius 3 is 2.92 bits per heavy atom. The molecule has 24 heavy (non-hydrogen) atoms. The first-order chi connectivity index (χ1) is 11.5. The second kappa shape index (κ2) is 7.05. The first-order valence-corrected chi connectivity index (χ1v) is 9.65. The zero-order chi connectivity index (χ0) is 17.3. The molecule has 1 atom stereocenters. The summed E-state index contributed by atoms with van der Waals surface area (Å²) in [4.78, 5) is 33.5. The van der Waals surface area contributed by atoms with Gasteiger partial charge in [-0.2, -0.15) is 0 Å². The summed E-state index contributed by atoms with van der Waals surface area (Å²) in [5.41, 5.74) is 0.772. The van der Waals surface area contributed by atoms with Crippen LogP contribution in [0.25, 0.3) is 10.2 Å². The standard InChI is InChI=1S/C18H25N3O2S/c1-4-5-9-20-11-19-16-14(17(20)22)13(3)15(24-16)18(23)21-10-7-6-8-12(21)2/h11-12H,4-10H2,1-3H3. The van der Waals surface area contributed by atoms with Gasteiger partial charge in [-0.25, -0.2) is 4.98 Å². The molecule has 0 aromatic carbocycles. The summed E-state index contributed by atoms with van der Waals surface area (Å²) in [5.74, 6) is 0.0576. The highest BCUT2D eigenvalue weighted by Crippen LogP contribution is 2.30. The van der Waals surface area contributed by atoms with Crippen LogP contribution in [0.4, 0.5) is 0 Å². The Bertz CT molecular complexity index is 808. The number of carbonyl (C=O) groups is 1. The van der Waals surface area contributed by atoms with E-state index >= 15 is 0 Å². The predicted molar refractivity (Wildman–Crippen MR) is 97.9 cm³/mol. The van der Waals surface area contributed by atoms with Crippen LogP contribution in [0.1, 0.15) is 61.2 Å². The molecule has 1 aliphatic rings. The Labute approximate surface area is 146 Å². The molecule has 0 N–H and O–H groups in total. The molecule has 0 radical (unpaired) electrons. The van der Waals surface area contributed by atoms with Crippen LogP contribution in [0, 0.1) is 6.92 Å². The zero-order valence-corrected chi connectivity index (χ0v) is 15.5. The molecule has 0 spiro atoms. The van der Waals surface area contributed by atoms with E-state index in [1.807, 2.05) is 11.8 Å². The van der Waals surface area contributed by atoms with Crippen molar-refractivity contribution in [1.29, 1.82) is 0 Å². The van der Waals surface area contributed by atoms with Crippen molar-refractivity contribution in [3.8, 4) is 0 Å². The zero-order valence-electron chi connectivity index (χ0n) is 14.7. The maximum Gasteiger partial charge on any atom is 0.264 e. The van der Waals surface area contributed by atoms with Gasteiger partial charge in [-0.1, -0.05) is 13.3 Å². The van der Waals surface area contributed by atoms with Gasteiger partial charge in [0.05, 0.1) is 16.6 Å². The normalized spacial score (nSPS) is 18.3.